The first-order valence-corrected chi connectivity index (χ1v) is 11.0. The lowest BCUT2D eigenvalue weighted by molar-refractivity contribution is -0.133. The number of nitrogens with zero attached hydrogens (tertiary/aromatic N) is 3. The maximum Gasteiger partial charge on any atom is 0.253 e. The summed E-state index contributed by atoms with van der Waals surface area (Å²) in [5.41, 5.74) is 3.72. The van der Waals surface area contributed by atoms with Crippen LogP contribution >= 0.6 is 0 Å². The Balaban J connectivity index is 1.45. The van der Waals surface area contributed by atoms with Crippen LogP contribution in [-0.4, -0.2) is 61.9 Å². The Labute approximate surface area is 189 Å². The Morgan fingerprint density at radius 1 is 0.688 bits per heavy atom. The van der Waals surface area contributed by atoms with Gasteiger partial charge in [0.1, 0.15) is 0 Å². The van der Waals surface area contributed by atoms with Gasteiger partial charge in [0.05, 0.1) is 5.92 Å². The fraction of sp³-hybridized carbons (Fsp3) is 0.259. The molecule has 1 saturated heterocycles. The molecule has 3 aromatic carbocycles. The molecule has 3 aromatic rings. The molecule has 0 radical (unpaired) electrons. The number of anilines is 1. The van der Waals surface area contributed by atoms with Gasteiger partial charge in [0.2, 0.25) is 5.91 Å². The number of piperazine rings is 1. The van der Waals surface area contributed by atoms with Crippen LogP contribution in [0, 0.1) is 0 Å². The van der Waals surface area contributed by atoms with Gasteiger partial charge in [-0.25, -0.2) is 0 Å². The van der Waals surface area contributed by atoms with Crippen LogP contribution in [0.4, 0.5) is 5.69 Å². The fourth-order valence-corrected chi connectivity index (χ4v) is 4.17. The average Bonchev–Trinajstić information content (AvgIpc) is 2.85. The number of hydrogen-bond donors (Lipinski definition) is 0. The van der Waals surface area contributed by atoms with Crippen molar-refractivity contribution in [1.29, 1.82) is 0 Å². The molecule has 0 atom stereocenters. The monoisotopic (exact) mass is 427 g/mol. The van der Waals surface area contributed by atoms with Gasteiger partial charge in [-0.1, -0.05) is 60.7 Å². The molecule has 0 N–H and O–H groups in total. The molecule has 4 rings (SSSR count). The second-order valence-electron chi connectivity index (χ2n) is 8.31. The molecular formula is C27H29N3O2. The van der Waals surface area contributed by atoms with E-state index in [1.54, 1.807) is 0 Å². The highest BCUT2D eigenvalue weighted by Gasteiger charge is 2.31. The van der Waals surface area contributed by atoms with E-state index >= 15 is 0 Å². The maximum absolute atomic E-state index is 13.6. The molecule has 1 aliphatic heterocycles. The third-order valence-electron chi connectivity index (χ3n) is 6.02. The first-order chi connectivity index (χ1) is 15.5. The first-order valence-electron chi connectivity index (χ1n) is 11.0. The topological polar surface area (TPSA) is 43.9 Å². The highest BCUT2D eigenvalue weighted by molar-refractivity contribution is 5.95. The van der Waals surface area contributed by atoms with E-state index in [-0.39, 0.29) is 17.7 Å². The van der Waals surface area contributed by atoms with Gasteiger partial charge in [-0.05, 0) is 35.4 Å². The number of carbonyl (C=O) groups excluding carboxylic acids is 2. The minimum absolute atomic E-state index is 0.0186. The molecule has 5 heteroatoms. The highest BCUT2D eigenvalue weighted by Crippen LogP contribution is 2.27. The Morgan fingerprint density at radius 3 is 1.62 bits per heavy atom. The van der Waals surface area contributed by atoms with Crippen molar-refractivity contribution in [1.82, 2.24) is 9.80 Å². The van der Waals surface area contributed by atoms with Crippen molar-refractivity contribution in [2.75, 3.05) is 45.2 Å². The summed E-state index contributed by atoms with van der Waals surface area (Å²) in [6, 6.07) is 27.5. The summed E-state index contributed by atoms with van der Waals surface area (Å²) in [6.07, 6.45) is 0. The largest absolute Gasteiger partial charge is 0.378 e. The van der Waals surface area contributed by atoms with Crippen LogP contribution in [0.5, 0.6) is 0 Å². The standard InChI is InChI=1S/C27H29N3O2/c1-28(2)24-15-13-23(14-16-24)26(31)29-17-19-30(20-18-29)27(32)25(21-9-5-3-6-10-21)22-11-7-4-8-12-22/h3-16,25H,17-20H2,1-2H3. The molecule has 0 aromatic heterocycles. The van der Waals surface area contributed by atoms with E-state index in [1.165, 1.54) is 0 Å². The lowest BCUT2D eigenvalue weighted by atomic mass is 9.90. The molecule has 5 nitrogen and oxygen atoms in total. The minimum atomic E-state index is -0.335. The van der Waals surface area contributed by atoms with E-state index in [0.29, 0.717) is 31.7 Å². The van der Waals surface area contributed by atoms with E-state index in [4.69, 9.17) is 0 Å². The Kier molecular flexibility index (Phi) is 6.55. The van der Waals surface area contributed by atoms with Gasteiger partial charge in [-0.3, -0.25) is 9.59 Å². The quantitative estimate of drug-likeness (QED) is 0.621. The van der Waals surface area contributed by atoms with Crippen LogP contribution in [0.3, 0.4) is 0 Å². The van der Waals surface area contributed by atoms with Gasteiger partial charge in [-0.15, -0.1) is 0 Å². The van der Waals surface area contributed by atoms with Crippen molar-refractivity contribution >= 4 is 17.5 Å². The number of amides is 2. The predicted molar refractivity (Wildman–Crippen MR) is 128 cm³/mol. The summed E-state index contributed by atoms with van der Waals surface area (Å²) < 4.78 is 0. The van der Waals surface area contributed by atoms with Crippen LogP contribution in [0.15, 0.2) is 84.9 Å². The number of carbonyl (C=O) groups is 2. The lowest BCUT2D eigenvalue weighted by Crippen LogP contribution is -2.51. The molecule has 0 saturated carbocycles. The van der Waals surface area contributed by atoms with Gasteiger partial charge in [-0.2, -0.15) is 0 Å². The minimum Gasteiger partial charge on any atom is -0.378 e. The van der Waals surface area contributed by atoms with Crippen molar-refractivity contribution in [2.45, 2.75) is 5.92 Å². The van der Waals surface area contributed by atoms with E-state index in [2.05, 4.69) is 0 Å². The van der Waals surface area contributed by atoms with Crippen LogP contribution in [-0.2, 0) is 4.79 Å². The van der Waals surface area contributed by atoms with E-state index < -0.39 is 0 Å². The first kappa shape index (κ1) is 21.6. The molecule has 32 heavy (non-hydrogen) atoms. The van der Waals surface area contributed by atoms with Crippen LogP contribution < -0.4 is 4.90 Å². The van der Waals surface area contributed by atoms with E-state index in [1.807, 2.05) is 114 Å². The smallest absolute Gasteiger partial charge is 0.253 e. The molecule has 2 amide bonds. The summed E-state index contributed by atoms with van der Waals surface area (Å²) in [7, 11) is 3.95. The average molecular weight is 428 g/mol. The van der Waals surface area contributed by atoms with Crippen molar-refractivity contribution in [3.05, 3.63) is 102 Å². The molecule has 164 valence electrons. The van der Waals surface area contributed by atoms with Crippen molar-refractivity contribution in [2.24, 2.45) is 0 Å². The zero-order chi connectivity index (χ0) is 22.5. The predicted octanol–water partition coefficient (Wildman–Crippen LogP) is 3.87. The third kappa shape index (κ3) is 4.67. The maximum atomic E-state index is 13.6. The summed E-state index contributed by atoms with van der Waals surface area (Å²) in [5, 5.41) is 0. The highest BCUT2D eigenvalue weighted by atomic mass is 16.2. The normalized spacial score (nSPS) is 13.8. The molecule has 1 heterocycles. The second kappa shape index (κ2) is 9.69. The summed E-state index contributed by atoms with van der Waals surface area (Å²) in [4.78, 5) is 32.3. The number of hydrogen-bond acceptors (Lipinski definition) is 3. The molecule has 1 fully saturated rings. The van der Waals surface area contributed by atoms with Gasteiger partial charge in [0.15, 0.2) is 0 Å². The van der Waals surface area contributed by atoms with E-state index in [9.17, 15) is 9.59 Å². The van der Waals surface area contributed by atoms with Crippen molar-refractivity contribution in [3.63, 3.8) is 0 Å². The Morgan fingerprint density at radius 2 is 1.16 bits per heavy atom. The molecule has 0 spiro atoms. The number of rotatable bonds is 5. The molecular weight excluding hydrogens is 398 g/mol. The van der Waals surface area contributed by atoms with Gasteiger partial charge >= 0.3 is 0 Å². The molecule has 0 bridgehead atoms. The Hall–Kier alpha value is -3.60. The van der Waals surface area contributed by atoms with Gasteiger partial charge in [0, 0.05) is 51.5 Å². The zero-order valence-electron chi connectivity index (χ0n) is 18.6. The summed E-state index contributed by atoms with van der Waals surface area (Å²) in [6.45, 7) is 2.15. The van der Waals surface area contributed by atoms with Gasteiger partial charge in [0.25, 0.3) is 5.91 Å². The van der Waals surface area contributed by atoms with Gasteiger partial charge < -0.3 is 14.7 Å². The summed E-state index contributed by atoms with van der Waals surface area (Å²) in [5.74, 6) is -0.229. The van der Waals surface area contributed by atoms with Crippen molar-refractivity contribution < 1.29 is 9.59 Å². The second-order valence-corrected chi connectivity index (χ2v) is 8.31. The molecule has 1 aliphatic rings. The van der Waals surface area contributed by atoms with Crippen LogP contribution in [0.2, 0.25) is 0 Å². The van der Waals surface area contributed by atoms with Crippen LogP contribution in [0.25, 0.3) is 0 Å². The lowest BCUT2D eigenvalue weighted by Gasteiger charge is -2.36. The number of benzene rings is 3. The van der Waals surface area contributed by atoms with Crippen LogP contribution in [0.1, 0.15) is 27.4 Å². The van der Waals surface area contributed by atoms with Crippen molar-refractivity contribution in [3.8, 4) is 0 Å². The summed E-state index contributed by atoms with van der Waals surface area (Å²) >= 11 is 0. The molecule has 0 unspecified atom stereocenters. The SMILES string of the molecule is CN(C)c1ccc(C(=O)N2CCN(C(=O)C(c3ccccc3)c3ccccc3)CC2)cc1. The third-order valence-corrected chi connectivity index (χ3v) is 6.02. The molecule has 0 aliphatic carbocycles. The fourth-order valence-electron chi connectivity index (χ4n) is 4.17. The van der Waals surface area contributed by atoms with E-state index in [0.717, 1.165) is 16.8 Å². The zero-order valence-corrected chi connectivity index (χ0v) is 18.6. The Bertz CT molecular complexity index is 1000.